The van der Waals surface area contributed by atoms with Gasteiger partial charge in [-0.2, -0.15) is 0 Å². The third-order valence-electron chi connectivity index (χ3n) is 4.04. The minimum absolute atomic E-state index is 0.523. The van der Waals surface area contributed by atoms with Crippen LogP contribution in [0.4, 0.5) is 0 Å². The van der Waals surface area contributed by atoms with Crippen LogP contribution in [0.5, 0.6) is 0 Å². The Labute approximate surface area is 117 Å². The maximum Gasteiger partial charge on any atom is 0.131 e. The lowest BCUT2D eigenvalue weighted by Gasteiger charge is -2.36. The topological polar surface area (TPSA) is 45.4 Å². The summed E-state index contributed by atoms with van der Waals surface area (Å²) in [7, 11) is 0. The molecule has 1 fully saturated rings. The van der Waals surface area contributed by atoms with E-state index in [0.29, 0.717) is 13.1 Å². The van der Waals surface area contributed by atoms with Crippen LogP contribution >= 0.6 is 15.9 Å². The molecule has 1 aromatic heterocycles. The van der Waals surface area contributed by atoms with E-state index in [1.54, 1.807) is 6.26 Å². The van der Waals surface area contributed by atoms with Crippen LogP contribution in [-0.4, -0.2) is 17.3 Å². The fourth-order valence-electron chi connectivity index (χ4n) is 2.66. The maximum atomic E-state index is 10.5. The van der Waals surface area contributed by atoms with Crippen LogP contribution in [-0.2, 0) is 6.54 Å². The summed E-state index contributed by atoms with van der Waals surface area (Å²) in [5.74, 6) is 1.70. The Bertz CT molecular complexity index is 370. The highest BCUT2D eigenvalue weighted by Crippen LogP contribution is 2.33. The number of rotatable bonds is 5. The molecule has 2 N–H and O–H groups in total. The Hall–Kier alpha value is -0.320. The first-order valence-corrected chi connectivity index (χ1v) is 7.57. The van der Waals surface area contributed by atoms with E-state index < -0.39 is 5.60 Å². The van der Waals surface area contributed by atoms with Crippen LogP contribution in [0.15, 0.2) is 21.2 Å². The standard InChI is InChI=1S/C14H22BrNO2/c1-2-11-3-6-14(17,7-4-11)10-16-9-13-12(15)5-8-18-13/h5,8,11,16-17H,2-4,6-7,9-10H2,1H3. The van der Waals surface area contributed by atoms with Gasteiger partial charge >= 0.3 is 0 Å². The largest absolute Gasteiger partial charge is 0.467 e. The van der Waals surface area contributed by atoms with Gasteiger partial charge in [0.1, 0.15) is 5.76 Å². The third-order valence-corrected chi connectivity index (χ3v) is 4.75. The molecule has 0 radical (unpaired) electrons. The molecule has 0 saturated heterocycles. The molecule has 0 atom stereocenters. The lowest BCUT2D eigenvalue weighted by Crippen LogP contribution is -2.43. The molecule has 1 aliphatic carbocycles. The second-order valence-electron chi connectivity index (χ2n) is 5.37. The van der Waals surface area contributed by atoms with Gasteiger partial charge in [0.05, 0.1) is 22.9 Å². The zero-order valence-corrected chi connectivity index (χ0v) is 12.5. The summed E-state index contributed by atoms with van der Waals surface area (Å²) in [4.78, 5) is 0. The number of halogens is 1. The highest BCUT2D eigenvalue weighted by atomic mass is 79.9. The average Bonchev–Trinajstić information content (AvgIpc) is 2.76. The van der Waals surface area contributed by atoms with E-state index in [1.165, 1.54) is 6.42 Å². The number of furan rings is 1. The van der Waals surface area contributed by atoms with E-state index in [0.717, 1.165) is 41.8 Å². The van der Waals surface area contributed by atoms with Gasteiger partial charge in [-0.1, -0.05) is 13.3 Å². The molecule has 0 bridgehead atoms. The molecule has 102 valence electrons. The Morgan fingerprint density at radius 3 is 2.78 bits per heavy atom. The highest BCUT2D eigenvalue weighted by molar-refractivity contribution is 9.10. The van der Waals surface area contributed by atoms with E-state index in [1.807, 2.05) is 6.07 Å². The van der Waals surface area contributed by atoms with Gasteiger partial charge in [0.15, 0.2) is 0 Å². The number of hydrogen-bond donors (Lipinski definition) is 2. The fraction of sp³-hybridized carbons (Fsp3) is 0.714. The van der Waals surface area contributed by atoms with Crippen LogP contribution in [0.3, 0.4) is 0 Å². The monoisotopic (exact) mass is 315 g/mol. The molecule has 1 aliphatic rings. The van der Waals surface area contributed by atoms with Crippen LogP contribution in [0, 0.1) is 5.92 Å². The molecule has 0 aliphatic heterocycles. The summed E-state index contributed by atoms with van der Waals surface area (Å²) in [6.07, 6.45) is 7.04. The van der Waals surface area contributed by atoms with E-state index in [-0.39, 0.29) is 0 Å². The van der Waals surface area contributed by atoms with Crippen molar-refractivity contribution in [3.8, 4) is 0 Å². The summed E-state index contributed by atoms with van der Waals surface area (Å²) in [6, 6.07) is 1.89. The predicted octanol–water partition coefficient (Wildman–Crippen LogP) is 3.46. The average molecular weight is 316 g/mol. The van der Waals surface area contributed by atoms with Crippen LogP contribution in [0.25, 0.3) is 0 Å². The Balaban J connectivity index is 1.75. The Morgan fingerprint density at radius 2 is 2.22 bits per heavy atom. The summed E-state index contributed by atoms with van der Waals surface area (Å²) >= 11 is 3.43. The predicted molar refractivity (Wildman–Crippen MR) is 75.3 cm³/mol. The highest BCUT2D eigenvalue weighted by Gasteiger charge is 2.32. The van der Waals surface area contributed by atoms with Crippen LogP contribution in [0.2, 0.25) is 0 Å². The van der Waals surface area contributed by atoms with Gasteiger partial charge in [0.2, 0.25) is 0 Å². The maximum absolute atomic E-state index is 10.5. The third kappa shape index (κ3) is 3.59. The second-order valence-corrected chi connectivity index (χ2v) is 6.23. The van der Waals surface area contributed by atoms with E-state index >= 15 is 0 Å². The molecule has 2 rings (SSSR count). The second kappa shape index (κ2) is 6.22. The number of hydrogen-bond acceptors (Lipinski definition) is 3. The molecule has 3 nitrogen and oxygen atoms in total. The van der Waals surface area contributed by atoms with Crippen molar-refractivity contribution in [2.75, 3.05) is 6.54 Å². The summed E-state index contributed by atoms with van der Waals surface area (Å²) < 4.78 is 6.31. The van der Waals surface area contributed by atoms with Gasteiger partial charge in [-0.3, -0.25) is 0 Å². The lowest BCUT2D eigenvalue weighted by atomic mass is 9.78. The van der Waals surface area contributed by atoms with Crippen LogP contribution in [0.1, 0.15) is 44.8 Å². The first-order chi connectivity index (χ1) is 8.63. The van der Waals surface area contributed by atoms with Crippen molar-refractivity contribution >= 4 is 15.9 Å². The fourth-order valence-corrected chi connectivity index (χ4v) is 3.00. The molecule has 0 unspecified atom stereocenters. The van der Waals surface area contributed by atoms with Crippen molar-refractivity contribution in [1.82, 2.24) is 5.32 Å². The van der Waals surface area contributed by atoms with Gasteiger partial charge in [-0.25, -0.2) is 0 Å². The first kappa shape index (κ1) is 14.1. The summed E-state index contributed by atoms with van der Waals surface area (Å²) in [5.41, 5.74) is -0.523. The molecule has 1 heterocycles. The van der Waals surface area contributed by atoms with Crippen molar-refractivity contribution in [3.05, 3.63) is 22.6 Å². The Morgan fingerprint density at radius 1 is 1.50 bits per heavy atom. The zero-order valence-electron chi connectivity index (χ0n) is 10.9. The van der Waals surface area contributed by atoms with Gasteiger partial charge < -0.3 is 14.8 Å². The zero-order chi connectivity index (χ0) is 13.0. The molecule has 0 amide bonds. The normalized spacial score (nSPS) is 28.5. The van der Waals surface area contributed by atoms with Gasteiger partial charge in [0.25, 0.3) is 0 Å². The van der Waals surface area contributed by atoms with Gasteiger partial charge in [-0.15, -0.1) is 0 Å². The number of nitrogens with one attached hydrogen (secondary N) is 1. The minimum atomic E-state index is -0.523. The van der Waals surface area contributed by atoms with Gasteiger partial charge in [0, 0.05) is 6.54 Å². The molecule has 1 saturated carbocycles. The molecular formula is C14H22BrNO2. The van der Waals surface area contributed by atoms with Crippen molar-refractivity contribution < 1.29 is 9.52 Å². The van der Waals surface area contributed by atoms with Crippen molar-refractivity contribution in [3.63, 3.8) is 0 Å². The lowest BCUT2D eigenvalue weighted by molar-refractivity contribution is -0.00907. The van der Waals surface area contributed by atoms with E-state index in [2.05, 4.69) is 28.2 Å². The quantitative estimate of drug-likeness (QED) is 0.874. The van der Waals surface area contributed by atoms with E-state index in [4.69, 9.17) is 4.42 Å². The van der Waals surface area contributed by atoms with Crippen molar-refractivity contribution in [2.24, 2.45) is 5.92 Å². The molecular weight excluding hydrogens is 294 g/mol. The minimum Gasteiger partial charge on any atom is -0.467 e. The van der Waals surface area contributed by atoms with E-state index in [9.17, 15) is 5.11 Å². The first-order valence-electron chi connectivity index (χ1n) is 6.78. The molecule has 0 aromatic carbocycles. The van der Waals surface area contributed by atoms with Gasteiger partial charge in [-0.05, 0) is 53.6 Å². The SMILES string of the molecule is CCC1CCC(O)(CNCc2occc2Br)CC1. The summed E-state index contributed by atoms with van der Waals surface area (Å²) in [6.45, 7) is 3.55. The molecule has 18 heavy (non-hydrogen) atoms. The Kier molecular flexibility index (Phi) is 4.87. The van der Waals surface area contributed by atoms with Crippen LogP contribution < -0.4 is 5.32 Å². The molecule has 1 aromatic rings. The molecule has 0 spiro atoms. The summed E-state index contributed by atoms with van der Waals surface area (Å²) in [5, 5.41) is 13.8. The smallest absolute Gasteiger partial charge is 0.131 e. The van der Waals surface area contributed by atoms with Crippen molar-refractivity contribution in [2.45, 2.75) is 51.2 Å². The number of aliphatic hydroxyl groups is 1. The molecule has 4 heteroatoms. The van der Waals surface area contributed by atoms with Crippen molar-refractivity contribution in [1.29, 1.82) is 0 Å².